The number of likely N-dealkylation sites (tertiary alicyclic amines) is 1. The minimum absolute atomic E-state index is 0.237. The first-order valence-electron chi connectivity index (χ1n) is 7.45. The summed E-state index contributed by atoms with van der Waals surface area (Å²) < 4.78 is 27.0. The lowest BCUT2D eigenvalue weighted by molar-refractivity contribution is 0.213. The molecule has 0 bridgehead atoms. The molecule has 2 saturated heterocycles. The lowest BCUT2D eigenvalue weighted by Crippen LogP contribution is -2.44. The molecule has 0 amide bonds. The van der Waals surface area contributed by atoms with Crippen molar-refractivity contribution in [1.82, 2.24) is 14.9 Å². The van der Waals surface area contributed by atoms with Crippen LogP contribution in [0, 0.1) is 5.92 Å². The zero-order valence-electron chi connectivity index (χ0n) is 11.9. The standard InChI is InChI=1S/C13H27N3O2S/c1-16-9-5-12(6-10-16)4-8-15-19(17,18)13-3-2-7-14-11-13/h12-15H,2-11H2,1H3. The Labute approximate surface area is 117 Å². The highest BCUT2D eigenvalue weighted by Crippen LogP contribution is 2.19. The molecule has 2 N–H and O–H groups in total. The maximum atomic E-state index is 12.1. The molecule has 0 aromatic heterocycles. The molecule has 2 aliphatic heterocycles. The van der Waals surface area contributed by atoms with Gasteiger partial charge in [-0.25, -0.2) is 13.1 Å². The van der Waals surface area contributed by atoms with Crippen molar-refractivity contribution in [2.24, 2.45) is 5.92 Å². The Morgan fingerprint density at radius 3 is 2.63 bits per heavy atom. The third kappa shape index (κ3) is 4.70. The molecule has 0 aromatic rings. The Balaban J connectivity index is 1.69. The van der Waals surface area contributed by atoms with Crippen molar-refractivity contribution in [3.63, 3.8) is 0 Å². The van der Waals surface area contributed by atoms with Gasteiger partial charge in [-0.1, -0.05) is 0 Å². The smallest absolute Gasteiger partial charge is 0.215 e. The van der Waals surface area contributed by atoms with Crippen LogP contribution in [0.5, 0.6) is 0 Å². The zero-order chi connectivity index (χ0) is 13.7. The van der Waals surface area contributed by atoms with Crippen molar-refractivity contribution in [2.75, 3.05) is 39.8 Å². The normalized spacial score (nSPS) is 27.5. The van der Waals surface area contributed by atoms with Crippen molar-refractivity contribution in [3.8, 4) is 0 Å². The number of hydrogen-bond donors (Lipinski definition) is 2. The SMILES string of the molecule is CN1CCC(CCNS(=O)(=O)C2CCCNC2)CC1. The summed E-state index contributed by atoms with van der Waals surface area (Å²) in [7, 11) is -0.970. The van der Waals surface area contributed by atoms with E-state index in [0.717, 1.165) is 38.9 Å². The Hall–Kier alpha value is -0.170. The van der Waals surface area contributed by atoms with Gasteiger partial charge < -0.3 is 10.2 Å². The third-order valence-corrected chi connectivity index (χ3v) is 6.27. The van der Waals surface area contributed by atoms with Gasteiger partial charge in [0.1, 0.15) is 0 Å². The average Bonchev–Trinajstić information content (AvgIpc) is 2.42. The second kappa shape index (κ2) is 7.02. The van der Waals surface area contributed by atoms with Gasteiger partial charge in [0.25, 0.3) is 0 Å². The summed E-state index contributed by atoms with van der Waals surface area (Å²) in [6.07, 6.45) is 5.12. The molecule has 6 heteroatoms. The maximum absolute atomic E-state index is 12.1. The number of rotatable bonds is 5. The van der Waals surface area contributed by atoms with Crippen LogP contribution in [0.2, 0.25) is 0 Å². The fraction of sp³-hybridized carbons (Fsp3) is 1.00. The number of nitrogens with one attached hydrogen (secondary N) is 2. The van der Waals surface area contributed by atoms with Crippen LogP contribution in [-0.4, -0.2) is 58.3 Å². The van der Waals surface area contributed by atoms with E-state index in [1.807, 2.05) is 0 Å². The first kappa shape index (κ1) is 15.2. The Kier molecular flexibility index (Phi) is 5.62. The van der Waals surface area contributed by atoms with Gasteiger partial charge in [-0.15, -0.1) is 0 Å². The molecule has 0 radical (unpaired) electrons. The van der Waals surface area contributed by atoms with E-state index < -0.39 is 10.0 Å². The van der Waals surface area contributed by atoms with Crippen LogP contribution in [-0.2, 0) is 10.0 Å². The Bertz CT molecular complexity index is 358. The predicted octanol–water partition coefficient (Wildman–Crippen LogP) is 0.390. The van der Waals surface area contributed by atoms with Crippen LogP contribution in [0.1, 0.15) is 32.1 Å². The maximum Gasteiger partial charge on any atom is 0.215 e. The van der Waals surface area contributed by atoms with Gasteiger partial charge in [-0.3, -0.25) is 0 Å². The average molecular weight is 289 g/mol. The molecule has 1 unspecified atom stereocenters. The molecule has 2 rings (SSSR count). The van der Waals surface area contributed by atoms with Crippen molar-refractivity contribution < 1.29 is 8.42 Å². The van der Waals surface area contributed by atoms with Crippen molar-refractivity contribution >= 4 is 10.0 Å². The summed E-state index contributed by atoms with van der Waals surface area (Å²) in [5.74, 6) is 0.684. The molecule has 0 spiro atoms. The lowest BCUT2D eigenvalue weighted by atomic mass is 9.94. The fourth-order valence-corrected chi connectivity index (χ4v) is 4.41. The van der Waals surface area contributed by atoms with Gasteiger partial charge in [0.15, 0.2) is 0 Å². The molecule has 2 fully saturated rings. The van der Waals surface area contributed by atoms with E-state index in [1.165, 1.54) is 12.8 Å². The molecule has 0 saturated carbocycles. The predicted molar refractivity (Wildman–Crippen MR) is 77.7 cm³/mol. The Morgan fingerprint density at radius 1 is 1.26 bits per heavy atom. The number of sulfonamides is 1. The largest absolute Gasteiger partial charge is 0.315 e. The molecule has 5 nitrogen and oxygen atoms in total. The first-order chi connectivity index (χ1) is 9.08. The first-order valence-corrected chi connectivity index (χ1v) is 9.00. The van der Waals surface area contributed by atoms with E-state index in [1.54, 1.807) is 0 Å². The summed E-state index contributed by atoms with van der Waals surface area (Å²) in [5, 5.41) is 2.92. The van der Waals surface area contributed by atoms with Gasteiger partial charge >= 0.3 is 0 Å². The molecular formula is C13H27N3O2S. The molecule has 1 atom stereocenters. The van der Waals surface area contributed by atoms with E-state index in [4.69, 9.17) is 0 Å². The topological polar surface area (TPSA) is 61.4 Å². The van der Waals surface area contributed by atoms with E-state index in [0.29, 0.717) is 19.0 Å². The molecule has 112 valence electrons. The van der Waals surface area contributed by atoms with E-state index in [9.17, 15) is 8.42 Å². The molecule has 0 aliphatic carbocycles. The van der Waals surface area contributed by atoms with E-state index >= 15 is 0 Å². The van der Waals surface area contributed by atoms with Crippen molar-refractivity contribution in [1.29, 1.82) is 0 Å². The number of piperidine rings is 2. The third-order valence-electron chi connectivity index (χ3n) is 4.38. The second-order valence-corrected chi connectivity index (χ2v) is 7.99. The molecule has 2 aliphatic rings. The fourth-order valence-electron chi connectivity index (χ4n) is 2.96. The molecule has 19 heavy (non-hydrogen) atoms. The molecule has 2 heterocycles. The number of hydrogen-bond acceptors (Lipinski definition) is 4. The minimum atomic E-state index is -3.12. The van der Waals surface area contributed by atoms with Gasteiger partial charge in [0.2, 0.25) is 10.0 Å². The van der Waals surface area contributed by atoms with Gasteiger partial charge in [-0.05, 0) is 64.7 Å². The molecular weight excluding hydrogens is 262 g/mol. The van der Waals surface area contributed by atoms with Gasteiger partial charge in [0.05, 0.1) is 5.25 Å². The van der Waals surface area contributed by atoms with Crippen LogP contribution in [0.25, 0.3) is 0 Å². The van der Waals surface area contributed by atoms with Gasteiger partial charge in [-0.2, -0.15) is 0 Å². The van der Waals surface area contributed by atoms with Crippen molar-refractivity contribution in [2.45, 2.75) is 37.4 Å². The van der Waals surface area contributed by atoms with Crippen LogP contribution in [0.3, 0.4) is 0 Å². The zero-order valence-corrected chi connectivity index (χ0v) is 12.7. The lowest BCUT2D eigenvalue weighted by Gasteiger charge is -2.29. The Morgan fingerprint density at radius 2 is 2.00 bits per heavy atom. The minimum Gasteiger partial charge on any atom is -0.315 e. The monoisotopic (exact) mass is 289 g/mol. The van der Waals surface area contributed by atoms with E-state index in [-0.39, 0.29) is 5.25 Å². The van der Waals surface area contributed by atoms with Crippen LogP contribution in [0.15, 0.2) is 0 Å². The summed E-state index contributed by atoms with van der Waals surface area (Å²) in [4.78, 5) is 2.34. The number of nitrogens with zero attached hydrogens (tertiary/aromatic N) is 1. The quantitative estimate of drug-likeness (QED) is 0.769. The summed E-state index contributed by atoms with van der Waals surface area (Å²) in [6, 6.07) is 0. The highest BCUT2D eigenvalue weighted by molar-refractivity contribution is 7.90. The van der Waals surface area contributed by atoms with Gasteiger partial charge in [0, 0.05) is 13.1 Å². The van der Waals surface area contributed by atoms with Crippen LogP contribution >= 0.6 is 0 Å². The summed E-state index contributed by atoms with van der Waals surface area (Å²) in [5.41, 5.74) is 0. The molecule has 0 aromatic carbocycles. The summed E-state index contributed by atoms with van der Waals surface area (Å²) in [6.45, 7) is 4.44. The van der Waals surface area contributed by atoms with Crippen LogP contribution < -0.4 is 10.0 Å². The van der Waals surface area contributed by atoms with Crippen molar-refractivity contribution in [3.05, 3.63) is 0 Å². The highest BCUT2D eigenvalue weighted by atomic mass is 32.2. The second-order valence-electron chi connectivity index (χ2n) is 5.94. The van der Waals surface area contributed by atoms with Crippen LogP contribution in [0.4, 0.5) is 0 Å². The highest BCUT2D eigenvalue weighted by Gasteiger charge is 2.27. The van der Waals surface area contributed by atoms with E-state index in [2.05, 4.69) is 22.0 Å². The summed E-state index contributed by atoms with van der Waals surface area (Å²) >= 11 is 0.